The summed E-state index contributed by atoms with van der Waals surface area (Å²) in [6.07, 6.45) is 0. The molecule has 3 heterocycles. The van der Waals surface area contributed by atoms with Crippen molar-refractivity contribution in [2.45, 2.75) is 0 Å². The molecule has 0 aliphatic heterocycles. The summed E-state index contributed by atoms with van der Waals surface area (Å²) >= 11 is 0. The highest BCUT2D eigenvalue weighted by molar-refractivity contribution is 6.38. The molecule has 58 heavy (non-hydrogen) atoms. The Morgan fingerprint density at radius 3 is 1.50 bits per heavy atom. The highest BCUT2D eigenvalue weighted by atomic mass is 16.3. The fourth-order valence-electron chi connectivity index (χ4n) is 8.83. The number of benzene rings is 9. The maximum absolute atomic E-state index is 6.79. The van der Waals surface area contributed by atoms with Gasteiger partial charge < -0.3 is 4.42 Å². The number of hydrogen-bond acceptors (Lipinski definition) is 4. The van der Waals surface area contributed by atoms with Gasteiger partial charge in [0.1, 0.15) is 11.2 Å². The first-order chi connectivity index (χ1) is 28.8. The van der Waals surface area contributed by atoms with Crippen LogP contribution >= 0.6 is 0 Å². The fourth-order valence-corrected chi connectivity index (χ4v) is 8.83. The van der Waals surface area contributed by atoms with Gasteiger partial charge in [-0.05, 0) is 39.8 Å². The smallest absolute Gasteiger partial charge is 0.238 e. The lowest BCUT2D eigenvalue weighted by Gasteiger charge is -2.14. The molecule has 0 radical (unpaired) electrons. The summed E-state index contributed by atoms with van der Waals surface area (Å²) < 4.78 is 9.08. The molecule has 3 aromatic heterocycles. The lowest BCUT2D eigenvalue weighted by molar-refractivity contribution is 0.673. The van der Waals surface area contributed by atoms with Crippen molar-refractivity contribution in [3.05, 3.63) is 194 Å². The van der Waals surface area contributed by atoms with Crippen LogP contribution in [-0.4, -0.2) is 19.5 Å². The summed E-state index contributed by atoms with van der Waals surface area (Å²) in [6, 6.07) is 67.8. The normalized spacial score (nSPS) is 11.8. The van der Waals surface area contributed by atoms with E-state index in [4.69, 9.17) is 19.4 Å². The summed E-state index contributed by atoms with van der Waals surface area (Å²) in [7, 11) is 0. The van der Waals surface area contributed by atoms with Crippen LogP contribution in [0.1, 0.15) is 0 Å². The SMILES string of the molecule is c1ccc(-c2ccc(-c3nc(-c4ccccc4)nc(-n4c5c6ccccc6c(-c6ccccc6)cc5c5c6c7ccccc7oc6c6ccccc6c54)n3)cc2)cc1. The molecule has 0 aliphatic carbocycles. The van der Waals surface area contributed by atoms with Gasteiger partial charge in [0.15, 0.2) is 11.6 Å². The van der Waals surface area contributed by atoms with Crippen molar-refractivity contribution >= 4 is 65.3 Å². The molecule has 0 atom stereocenters. The van der Waals surface area contributed by atoms with Crippen molar-refractivity contribution < 1.29 is 4.42 Å². The van der Waals surface area contributed by atoms with E-state index in [1.807, 2.05) is 30.3 Å². The predicted octanol–water partition coefficient (Wildman–Crippen LogP) is 13.8. The van der Waals surface area contributed by atoms with Gasteiger partial charge >= 0.3 is 0 Å². The topological polar surface area (TPSA) is 56.7 Å². The third-order valence-electron chi connectivity index (χ3n) is 11.4. The van der Waals surface area contributed by atoms with Crippen LogP contribution < -0.4 is 0 Å². The molecule has 5 heteroatoms. The number of fused-ring (bicyclic) bond motifs is 12. The predicted molar refractivity (Wildman–Crippen MR) is 238 cm³/mol. The Hall–Kier alpha value is -7.89. The first kappa shape index (κ1) is 32.4. The van der Waals surface area contributed by atoms with E-state index in [0.29, 0.717) is 17.6 Å². The van der Waals surface area contributed by atoms with E-state index in [9.17, 15) is 0 Å². The van der Waals surface area contributed by atoms with Gasteiger partial charge in [-0.1, -0.05) is 182 Å². The summed E-state index contributed by atoms with van der Waals surface area (Å²) in [4.78, 5) is 16.0. The van der Waals surface area contributed by atoms with E-state index in [0.717, 1.165) is 98.7 Å². The van der Waals surface area contributed by atoms with Gasteiger partial charge in [0.05, 0.1) is 11.0 Å². The highest BCUT2D eigenvalue weighted by Crippen LogP contribution is 2.48. The average Bonchev–Trinajstić information content (AvgIpc) is 3.86. The minimum atomic E-state index is 0.547. The molecule has 5 nitrogen and oxygen atoms in total. The average molecular weight is 741 g/mol. The third-order valence-corrected chi connectivity index (χ3v) is 11.4. The molecular weight excluding hydrogens is 709 g/mol. The second-order valence-corrected chi connectivity index (χ2v) is 14.7. The van der Waals surface area contributed by atoms with Gasteiger partial charge in [0.25, 0.3) is 0 Å². The Bertz CT molecular complexity index is 3540. The maximum Gasteiger partial charge on any atom is 0.238 e. The molecule has 0 spiro atoms. The molecule has 0 saturated carbocycles. The Morgan fingerprint density at radius 2 is 0.828 bits per heavy atom. The first-order valence-electron chi connectivity index (χ1n) is 19.5. The third kappa shape index (κ3) is 4.93. The zero-order chi connectivity index (χ0) is 38.2. The summed E-state index contributed by atoms with van der Waals surface area (Å²) in [5, 5.41) is 8.70. The Labute approximate surface area is 333 Å². The molecule has 9 aromatic carbocycles. The van der Waals surface area contributed by atoms with Crippen molar-refractivity contribution in [3.63, 3.8) is 0 Å². The molecular formula is C53H32N4O. The highest BCUT2D eigenvalue weighted by Gasteiger charge is 2.27. The van der Waals surface area contributed by atoms with Gasteiger partial charge in [-0.15, -0.1) is 0 Å². The van der Waals surface area contributed by atoms with E-state index >= 15 is 0 Å². The van der Waals surface area contributed by atoms with Gasteiger partial charge in [-0.3, -0.25) is 4.57 Å². The van der Waals surface area contributed by atoms with Gasteiger partial charge in [0, 0.05) is 48.8 Å². The fraction of sp³-hybridized carbons (Fsp3) is 0. The van der Waals surface area contributed by atoms with Crippen LogP contribution in [0.25, 0.3) is 116 Å². The second-order valence-electron chi connectivity index (χ2n) is 14.7. The molecule has 0 N–H and O–H groups in total. The van der Waals surface area contributed by atoms with Crippen LogP contribution in [0.3, 0.4) is 0 Å². The summed E-state index contributed by atoms with van der Waals surface area (Å²) in [5.74, 6) is 1.75. The molecule has 0 bridgehead atoms. The zero-order valence-electron chi connectivity index (χ0n) is 31.2. The van der Waals surface area contributed by atoms with Gasteiger partial charge in [-0.2, -0.15) is 9.97 Å². The molecule has 0 saturated heterocycles. The van der Waals surface area contributed by atoms with E-state index < -0.39 is 0 Å². The maximum atomic E-state index is 6.79. The van der Waals surface area contributed by atoms with Crippen molar-refractivity contribution in [3.8, 4) is 51.0 Å². The monoisotopic (exact) mass is 740 g/mol. The van der Waals surface area contributed by atoms with Crippen molar-refractivity contribution in [2.24, 2.45) is 0 Å². The van der Waals surface area contributed by atoms with Crippen LogP contribution in [-0.2, 0) is 0 Å². The van der Waals surface area contributed by atoms with Gasteiger partial charge in [0.2, 0.25) is 5.95 Å². The van der Waals surface area contributed by atoms with Crippen LogP contribution in [0.15, 0.2) is 199 Å². The number of nitrogens with zero attached hydrogens (tertiary/aromatic N) is 4. The van der Waals surface area contributed by atoms with E-state index in [1.165, 1.54) is 0 Å². The second kappa shape index (κ2) is 12.8. The van der Waals surface area contributed by atoms with Crippen molar-refractivity contribution in [1.82, 2.24) is 19.5 Å². The Kier molecular flexibility index (Phi) is 7.16. The van der Waals surface area contributed by atoms with Gasteiger partial charge in [-0.25, -0.2) is 4.98 Å². The summed E-state index contributed by atoms with van der Waals surface area (Å²) in [5.41, 5.74) is 10.2. The minimum Gasteiger partial charge on any atom is -0.455 e. The number of furan rings is 1. The largest absolute Gasteiger partial charge is 0.455 e. The molecule has 0 unspecified atom stereocenters. The van der Waals surface area contributed by atoms with Crippen molar-refractivity contribution in [1.29, 1.82) is 0 Å². The minimum absolute atomic E-state index is 0.547. The van der Waals surface area contributed by atoms with Crippen LogP contribution in [0.4, 0.5) is 0 Å². The standard InChI is InChI=1S/C53H32N4O/c1-4-16-33(17-5-1)34-28-30-37(31-29-34)52-54-51(36-20-8-3-9-21-36)55-53(56-52)57-48-39-23-11-10-22-38(39)43(35-18-6-2-7-19-35)32-44(48)46-47-42-26-14-15-27-45(42)58-50(47)41-25-13-12-24-40(41)49(46)57/h1-32H. The number of rotatable bonds is 5. The number of para-hydroxylation sites is 1. The molecule has 0 amide bonds. The lowest BCUT2D eigenvalue weighted by Crippen LogP contribution is -2.07. The van der Waals surface area contributed by atoms with Crippen LogP contribution in [0, 0.1) is 0 Å². The molecule has 0 aliphatic rings. The number of hydrogen-bond donors (Lipinski definition) is 0. The molecule has 270 valence electrons. The molecule has 12 rings (SSSR count). The molecule has 12 aromatic rings. The zero-order valence-corrected chi connectivity index (χ0v) is 31.2. The lowest BCUT2D eigenvalue weighted by atomic mass is 9.94. The number of aromatic nitrogens is 4. The van der Waals surface area contributed by atoms with Crippen molar-refractivity contribution in [2.75, 3.05) is 0 Å². The molecule has 0 fully saturated rings. The van der Waals surface area contributed by atoms with E-state index in [2.05, 4.69) is 168 Å². The summed E-state index contributed by atoms with van der Waals surface area (Å²) in [6.45, 7) is 0. The van der Waals surface area contributed by atoms with E-state index in [1.54, 1.807) is 0 Å². The Morgan fingerprint density at radius 1 is 0.345 bits per heavy atom. The Balaban J connectivity index is 1.26. The van der Waals surface area contributed by atoms with Crippen LogP contribution in [0.2, 0.25) is 0 Å². The quantitative estimate of drug-likeness (QED) is 0.176. The van der Waals surface area contributed by atoms with Crippen LogP contribution in [0.5, 0.6) is 0 Å². The first-order valence-corrected chi connectivity index (χ1v) is 19.5. The van der Waals surface area contributed by atoms with E-state index in [-0.39, 0.29) is 0 Å².